The number of H-pyrrole nitrogens is 1. The van der Waals surface area contributed by atoms with Crippen molar-refractivity contribution in [2.24, 2.45) is 0 Å². The van der Waals surface area contributed by atoms with Crippen LogP contribution in [-0.4, -0.2) is 19.9 Å². The molecule has 0 fully saturated rings. The Kier molecular flexibility index (Phi) is 3.31. The van der Waals surface area contributed by atoms with E-state index < -0.39 is 0 Å². The van der Waals surface area contributed by atoms with Crippen LogP contribution in [0.4, 0.5) is 0 Å². The SMILES string of the molecule is Cc1[nH]n(-c2ccccn2)c(=O)c1Cc1ccc(O)cc1. The van der Waals surface area contributed by atoms with Crippen molar-refractivity contribution in [3.05, 3.63) is 75.8 Å². The minimum Gasteiger partial charge on any atom is -0.508 e. The smallest absolute Gasteiger partial charge is 0.276 e. The van der Waals surface area contributed by atoms with Crippen LogP contribution >= 0.6 is 0 Å². The fraction of sp³-hybridized carbons (Fsp3) is 0.125. The molecule has 3 rings (SSSR count). The minimum absolute atomic E-state index is 0.0979. The molecule has 0 saturated carbocycles. The lowest BCUT2D eigenvalue weighted by molar-refractivity contribution is 0.475. The van der Waals surface area contributed by atoms with Gasteiger partial charge < -0.3 is 5.11 Å². The summed E-state index contributed by atoms with van der Waals surface area (Å²) in [5.74, 6) is 0.790. The summed E-state index contributed by atoms with van der Waals surface area (Å²) in [6, 6.07) is 12.3. The third kappa shape index (κ3) is 2.58. The maximum atomic E-state index is 12.5. The number of pyridine rings is 1. The Morgan fingerprint density at radius 2 is 1.95 bits per heavy atom. The molecule has 0 radical (unpaired) electrons. The second-order valence-corrected chi connectivity index (χ2v) is 4.89. The zero-order valence-electron chi connectivity index (χ0n) is 11.6. The number of phenols is 1. The van der Waals surface area contributed by atoms with Gasteiger partial charge in [0.15, 0.2) is 5.82 Å². The van der Waals surface area contributed by atoms with E-state index in [1.165, 1.54) is 4.68 Å². The van der Waals surface area contributed by atoms with Gasteiger partial charge in [-0.2, -0.15) is 0 Å². The van der Waals surface area contributed by atoms with Gasteiger partial charge in [0.2, 0.25) is 0 Å². The van der Waals surface area contributed by atoms with Crippen LogP contribution in [0.5, 0.6) is 5.75 Å². The summed E-state index contributed by atoms with van der Waals surface area (Å²) in [5, 5.41) is 12.4. The molecule has 21 heavy (non-hydrogen) atoms. The molecule has 106 valence electrons. The normalized spacial score (nSPS) is 10.7. The van der Waals surface area contributed by atoms with Crippen molar-refractivity contribution >= 4 is 0 Å². The van der Waals surface area contributed by atoms with E-state index >= 15 is 0 Å². The second kappa shape index (κ2) is 5.28. The number of phenolic OH excluding ortho intramolecular Hbond substituents is 1. The fourth-order valence-electron chi connectivity index (χ4n) is 2.25. The molecule has 0 amide bonds. The number of aromatic amines is 1. The number of hydrogen-bond donors (Lipinski definition) is 2. The van der Waals surface area contributed by atoms with Gasteiger partial charge in [-0.25, -0.2) is 9.67 Å². The summed E-state index contributed by atoms with van der Waals surface area (Å²) >= 11 is 0. The zero-order chi connectivity index (χ0) is 14.8. The van der Waals surface area contributed by atoms with Crippen LogP contribution in [0.3, 0.4) is 0 Å². The molecule has 2 aromatic heterocycles. The summed E-state index contributed by atoms with van der Waals surface area (Å²) in [7, 11) is 0. The van der Waals surface area contributed by atoms with E-state index in [1.54, 1.807) is 24.4 Å². The minimum atomic E-state index is -0.0979. The largest absolute Gasteiger partial charge is 0.508 e. The van der Waals surface area contributed by atoms with Gasteiger partial charge in [0, 0.05) is 23.9 Å². The Morgan fingerprint density at radius 1 is 1.19 bits per heavy atom. The molecule has 2 N–H and O–H groups in total. The van der Waals surface area contributed by atoms with Gasteiger partial charge in [0.1, 0.15) is 5.75 Å². The molecule has 3 aromatic rings. The van der Waals surface area contributed by atoms with Crippen molar-refractivity contribution in [3.8, 4) is 11.6 Å². The van der Waals surface area contributed by atoms with Crippen molar-refractivity contribution in [3.63, 3.8) is 0 Å². The Labute approximate surface area is 121 Å². The summed E-state index contributed by atoms with van der Waals surface area (Å²) < 4.78 is 1.45. The number of rotatable bonds is 3. The summed E-state index contributed by atoms with van der Waals surface area (Å²) in [6.45, 7) is 1.87. The Morgan fingerprint density at radius 3 is 2.62 bits per heavy atom. The van der Waals surface area contributed by atoms with Crippen molar-refractivity contribution in [2.75, 3.05) is 0 Å². The van der Waals surface area contributed by atoms with Crippen LogP contribution in [-0.2, 0) is 6.42 Å². The number of aromatic hydroxyl groups is 1. The quantitative estimate of drug-likeness (QED) is 0.773. The first-order chi connectivity index (χ1) is 10.1. The number of aryl methyl sites for hydroxylation is 1. The Balaban J connectivity index is 1.99. The highest BCUT2D eigenvalue weighted by molar-refractivity contribution is 5.33. The predicted octanol–water partition coefficient (Wildman–Crippen LogP) is 2.17. The molecule has 0 aliphatic rings. The van der Waals surface area contributed by atoms with Crippen LogP contribution in [0, 0.1) is 6.92 Å². The molecule has 0 aliphatic carbocycles. The van der Waals surface area contributed by atoms with E-state index in [2.05, 4.69) is 10.1 Å². The van der Waals surface area contributed by atoms with Gasteiger partial charge in [-0.3, -0.25) is 9.89 Å². The lowest BCUT2D eigenvalue weighted by atomic mass is 10.1. The predicted molar refractivity (Wildman–Crippen MR) is 79.8 cm³/mol. The van der Waals surface area contributed by atoms with Crippen molar-refractivity contribution < 1.29 is 5.11 Å². The number of nitrogens with zero attached hydrogens (tertiary/aromatic N) is 2. The van der Waals surface area contributed by atoms with Gasteiger partial charge >= 0.3 is 0 Å². The van der Waals surface area contributed by atoms with Crippen LogP contribution in [0.25, 0.3) is 5.82 Å². The molecule has 0 unspecified atom stereocenters. The summed E-state index contributed by atoms with van der Waals surface area (Å²) in [6.07, 6.45) is 2.17. The van der Waals surface area contributed by atoms with Crippen LogP contribution in [0.1, 0.15) is 16.8 Å². The van der Waals surface area contributed by atoms with E-state index in [4.69, 9.17) is 0 Å². The highest BCUT2D eigenvalue weighted by Crippen LogP contribution is 2.14. The maximum absolute atomic E-state index is 12.5. The molecule has 0 atom stereocenters. The Hall–Kier alpha value is -2.82. The summed E-state index contributed by atoms with van der Waals surface area (Å²) in [4.78, 5) is 16.7. The molecule has 5 heteroatoms. The molecule has 0 saturated heterocycles. The molecule has 0 spiro atoms. The molecule has 2 heterocycles. The first-order valence-corrected chi connectivity index (χ1v) is 6.65. The Bertz CT molecular complexity index is 802. The monoisotopic (exact) mass is 281 g/mol. The van der Waals surface area contributed by atoms with Crippen molar-refractivity contribution in [1.29, 1.82) is 0 Å². The average molecular weight is 281 g/mol. The molecule has 5 nitrogen and oxygen atoms in total. The first kappa shape index (κ1) is 13.2. The van der Waals surface area contributed by atoms with Gasteiger partial charge in [-0.15, -0.1) is 0 Å². The molecule has 0 bridgehead atoms. The standard InChI is InChI=1S/C16H15N3O2/c1-11-14(10-12-5-7-13(20)8-6-12)16(21)19(18-11)15-4-2-3-9-17-15/h2-9,18,20H,10H2,1H3. The highest BCUT2D eigenvalue weighted by Gasteiger charge is 2.13. The number of hydrogen-bond acceptors (Lipinski definition) is 3. The van der Waals surface area contributed by atoms with Gasteiger partial charge in [-0.05, 0) is 36.8 Å². The lowest BCUT2D eigenvalue weighted by Crippen LogP contribution is -2.18. The molecular weight excluding hydrogens is 266 g/mol. The number of benzene rings is 1. The van der Waals surface area contributed by atoms with Crippen LogP contribution in [0.15, 0.2) is 53.5 Å². The molecule has 0 aliphatic heterocycles. The highest BCUT2D eigenvalue weighted by atomic mass is 16.3. The van der Waals surface area contributed by atoms with E-state index in [9.17, 15) is 9.90 Å². The average Bonchev–Trinajstić information content (AvgIpc) is 2.78. The van der Waals surface area contributed by atoms with Crippen LogP contribution < -0.4 is 5.56 Å². The van der Waals surface area contributed by atoms with Crippen molar-refractivity contribution in [2.45, 2.75) is 13.3 Å². The zero-order valence-corrected chi connectivity index (χ0v) is 11.6. The summed E-state index contributed by atoms with van der Waals surface area (Å²) in [5.41, 5.74) is 2.39. The van der Waals surface area contributed by atoms with Crippen LogP contribution in [0.2, 0.25) is 0 Å². The lowest BCUT2D eigenvalue weighted by Gasteiger charge is -2.00. The molecule has 1 aromatic carbocycles. The number of aromatic nitrogens is 3. The van der Waals surface area contributed by atoms with E-state index in [-0.39, 0.29) is 11.3 Å². The topological polar surface area (TPSA) is 70.9 Å². The number of nitrogens with one attached hydrogen (secondary N) is 1. The van der Waals surface area contributed by atoms with E-state index in [1.807, 2.05) is 31.2 Å². The second-order valence-electron chi connectivity index (χ2n) is 4.89. The fourth-order valence-corrected chi connectivity index (χ4v) is 2.25. The van der Waals surface area contributed by atoms with Gasteiger partial charge in [0.05, 0.1) is 0 Å². The maximum Gasteiger partial charge on any atom is 0.276 e. The third-order valence-corrected chi connectivity index (χ3v) is 3.39. The van der Waals surface area contributed by atoms with E-state index in [0.717, 1.165) is 11.3 Å². The van der Waals surface area contributed by atoms with E-state index in [0.29, 0.717) is 17.8 Å². The van der Waals surface area contributed by atoms with Gasteiger partial charge in [-0.1, -0.05) is 18.2 Å². The van der Waals surface area contributed by atoms with Gasteiger partial charge in [0.25, 0.3) is 5.56 Å². The van der Waals surface area contributed by atoms with Crippen molar-refractivity contribution in [1.82, 2.24) is 14.8 Å². The first-order valence-electron chi connectivity index (χ1n) is 6.65. The third-order valence-electron chi connectivity index (χ3n) is 3.39. The molecular formula is C16H15N3O2.